The molecular formula is C15H20N4O. The third-order valence-corrected chi connectivity index (χ3v) is 3.77. The zero-order valence-electron chi connectivity index (χ0n) is 12.1. The van der Waals surface area contributed by atoms with E-state index in [1.54, 1.807) is 11.9 Å². The van der Waals surface area contributed by atoms with Gasteiger partial charge in [0.15, 0.2) is 0 Å². The number of rotatable bonds is 4. The molecule has 0 aliphatic carbocycles. The molecule has 1 aromatic rings. The largest absolute Gasteiger partial charge is 0.370 e. The maximum Gasteiger partial charge on any atom is 0.248 e. The van der Waals surface area contributed by atoms with Crippen molar-refractivity contribution in [3.05, 3.63) is 23.8 Å². The fraction of sp³-hybridized carbons (Fsp3) is 0.467. The van der Waals surface area contributed by atoms with Crippen molar-refractivity contribution in [1.82, 2.24) is 0 Å². The van der Waals surface area contributed by atoms with Crippen LogP contribution in [0.4, 0.5) is 11.4 Å². The minimum atomic E-state index is -0.558. The van der Waals surface area contributed by atoms with Crippen LogP contribution in [0.15, 0.2) is 18.2 Å². The van der Waals surface area contributed by atoms with Crippen LogP contribution in [-0.4, -0.2) is 26.0 Å². The molecule has 2 rings (SSSR count). The van der Waals surface area contributed by atoms with E-state index in [0.29, 0.717) is 6.54 Å². The Hall–Kier alpha value is -2.06. The van der Waals surface area contributed by atoms with Gasteiger partial charge in [-0.05, 0) is 26.0 Å². The molecule has 2 unspecified atom stereocenters. The molecule has 5 heteroatoms. The topological polar surface area (TPSA) is 73.4 Å². The van der Waals surface area contributed by atoms with Crippen LogP contribution in [0.1, 0.15) is 25.5 Å². The standard InChI is InChI=1S/C15H20N4O/c1-4-19(9-10(2)8-16)11-5-6-12-13(7-11)18(3)15(20)14(12)17/h5-7,10,14H,4,9,17H2,1-3H3. The van der Waals surface area contributed by atoms with E-state index in [9.17, 15) is 4.79 Å². The van der Waals surface area contributed by atoms with E-state index in [1.165, 1.54) is 0 Å². The molecule has 1 aliphatic rings. The van der Waals surface area contributed by atoms with E-state index in [4.69, 9.17) is 11.0 Å². The molecule has 2 atom stereocenters. The highest BCUT2D eigenvalue weighted by Gasteiger charge is 2.32. The summed E-state index contributed by atoms with van der Waals surface area (Å²) in [6.45, 7) is 5.45. The molecule has 106 valence electrons. The van der Waals surface area contributed by atoms with E-state index in [-0.39, 0.29) is 11.8 Å². The summed E-state index contributed by atoms with van der Waals surface area (Å²) in [6.07, 6.45) is 0. The van der Waals surface area contributed by atoms with E-state index in [2.05, 4.69) is 17.9 Å². The summed E-state index contributed by atoms with van der Waals surface area (Å²) >= 11 is 0. The fourth-order valence-electron chi connectivity index (χ4n) is 2.53. The highest BCUT2D eigenvalue weighted by Crippen LogP contribution is 2.36. The van der Waals surface area contributed by atoms with Gasteiger partial charge in [-0.1, -0.05) is 6.07 Å². The molecular weight excluding hydrogens is 252 g/mol. The molecule has 20 heavy (non-hydrogen) atoms. The van der Waals surface area contributed by atoms with Crippen LogP contribution in [0.5, 0.6) is 0 Å². The molecule has 1 heterocycles. The van der Waals surface area contributed by atoms with E-state index in [0.717, 1.165) is 23.5 Å². The molecule has 1 amide bonds. The maximum atomic E-state index is 11.9. The van der Waals surface area contributed by atoms with Crippen LogP contribution < -0.4 is 15.5 Å². The van der Waals surface area contributed by atoms with Gasteiger partial charge in [0.05, 0.1) is 17.7 Å². The second kappa shape index (κ2) is 5.51. The van der Waals surface area contributed by atoms with Crippen molar-refractivity contribution in [2.24, 2.45) is 11.7 Å². The number of fused-ring (bicyclic) bond motifs is 1. The number of nitriles is 1. The predicted octanol–water partition coefficient (Wildman–Crippen LogP) is 1.65. The Morgan fingerprint density at radius 2 is 2.25 bits per heavy atom. The lowest BCUT2D eigenvalue weighted by Gasteiger charge is -2.25. The predicted molar refractivity (Wildman–Crippen MR) is 79.4 cm³/mol. The lowest BCUT2D eigenvalue weighted by molar-refractivity contribution is -0.118. The number of anilines is 2. The highest BCUT2D eigenvalue weighted by molar-refractivity contribution is 6.04. The first-order valence-corrected chi connectivity index (χ1v) is 6.81. The van der Waals surface area contributed by atoms with Gasteiger partial charge in [-0.15, -0.1) is 0 Å². The van der Waals surface area contributed by atoms with Gasteiger partial charge < -0.3 is 15.5 Å². The molecule has 0 saturated carbocycles. The third-order valence-electron chi connectivity index (χ3n) is 3.77. The highest BCUT2D eigenvalue weighted by atomic mass is 16.2. The Labute approximate surface area is 119 Å². The Morgan fingerprint density at radius 1 is 1.55 bits per heavy atom. The summed E-state index contributed by atoms with van der Waals surface area (Å²) in [5, 5.41) is 8.95. The van der Waals surface area contributed by atoms with Gasteiger partial charge in [0.25, 0.3) is 0 Å². The molecule has 5 nitrogen and oxygen atoms in total. The number of likely N-dealkylation sites (N-methyl/N-ethyl adjacent to an activating group) is 1. The van der Waals surface area contributed by atoms with Crippen LogP contribution in [0, 0.1) is 17.2 Å². The molecule has 2 N–H and O–H groups in total. The third kappa shape index (κ3) is 2.35. The molecule has 1 aromatic carbocycles. The second-order valence-electron chi connectivity index (χ2n) is 5.19. The second-order valence-corrected chi connectivity index (χ2v) is 5.19. The Bertz CT molecular complexity index is 563. The van der Waals surface area contributed by atoms with Crippen molar-refractivity contribution >= 4 is 17.3 Å². The van der Waals surface area contributed by atoms with Crippen molar-refractivity contribution in [3.63, 3.8) is 0 Å². The lowest BCUT2D eigenvalue weighted by Crippen LogP contribution is -2.28. The summed E-state index contributed by atoms with van der Waals surface area (Å²) in [4.78, 5) is 15.6. The van der Waals surface area contributed by atoms with Gasteiger partial charge in [-0.3, -0.25) is 4.79 Å². The van der Waals surface area contributed by atoms with Crippen molar-refractivity contribution in [3.8, 4) is 6.07 Å². The summed E-state index contributed by atoms with van der Waals surface area (Å²) in [5.74, 6) is -0.115. The van der Waals surface area contributed by atoms with Crippen LogP contribution in [-0.2, 0) is 4.79 Å². The van der Waals surface area contributed by atoms with Crippen LogP contribution in [0.2, 0.25) is 0 Å². The first kappa shape index (κ1) is 14.4. The number of carbonyl (C=O) groups is 1. The van der Waals surface area contributed by atoms with E-state index >= 15 is 0 Å². The molecule has 0 radical (unpaired) electrons. The average molecular weight is 272 g/mol. The summed E-state index contributed by atoms with van der Waals surface area (Å²) < 4.78 is 0. The quantitative estimate of drug-likeness (QED) is 0.904. The summed E-state index contributed by atoms with van der Waals surface area (Å²) in [5.41, 5.74) is 8.64. The fourth-order valence-corrected chi connectivity index (χ4v) is 2.53. The number of benzene rings is 1. The van der Waals surface area contributed by atoms with Gasteiger partial charge in [-0.2, -0.15) is 5.26 Å². The van der Waals surface area contributed by atoms with Gasteiger partial charge in [0.2, 0.25) is 5.91 Å². The van der Waals surface area contributed by atoms with Crippen molar-refractivity contribution < 1.29 is 4.79 Å². The van der Waals surface area contributed by atoms with Crippen LogP contribution >= 0.6 is 0 Å². The van der Waals surface area contributed by atoms with Gasteiger partial charge >= 0.3 is 0 Å². The maximum absolute atomic E-state index is 11.9. The number of hydrogen-bond acceptors (Lipinski definition) is 4. The molecule has 0 fully saturated rings. The van der Waals surface area contributed by atoms with Crippen molar-refractivity contribution in [2.45, 2.75) is 19.9 Å². The molecule has 0 aromatic heterocycles. The van der Waals surface area contributed by atoms with E-state index in [1.807, 2.05) is 25.1 Å². The van der Waals surface area contributed by atoms with Crippen molar-refractivity contribution in [1.29, 1.82) is 5.26 Å². The average Bonchev–Trinajstić information content (AvgIpc) is 2.69. The summed E-state index contributed by atoms with van der Waals surface area (Å²) in [6, 6.07) is 7.55. The van der Waals surface area contributed by atoms with Gasteiger partial charge in [0, 0.05) is 31.4 Å². The van der Waals surface area contributed by atoms with Crippen LogP contribution in [0.25, 0.3) is 0 Å². The smallest absolute Gasteiger partial charge is 0.248 e. The SMILES string of the molecule is CCN(CC(C)C#N)c1ccc2c(c1)N(C)C(=O)C2N. The summed E-state index contributed by atoms with van der Waals surface area (Å²) in [7, 11) is 1.74. The van der Waals surface area contributed by atoms with Crippen molar-refractivity contribution in [2.75, 3.05) is 29.9 Å². The number of nitrogens with zero attached hydrogens (tertiary/aromatic N) is 3. The lowest BCUT2D eigenvalue weighted by atomic mass is 10.1. The Kier molecular flexibility index (Phi) is 3.96. The Balaban J connectivity index is 2.32. The first-order chi connectivity index (χ1) is 9.49. The minimum Gasteiger partial charge on any atom is -0.370 e. The zero-order chi connectivity index (χ0) is 14.9. The number of amides is 1. The molecule has 0 bridgehead atoms. The van der Waals surface area contributed by atoms with Crippen LogP contribution in [0.3, 0.4) is 0 Å². The normalized spacial score (nSPS) is 18.6. The number of carbonyl (C=O) groups excluding carboxylic acids is 1. The van der Waals surface area contributed by atoms with Gasteiger partial charge in [-0.25, -0.2) is 0 Å². The minimum absolute atomic E-state index is 0.0372. The van der Waals surface area contributed by atoms with E-state index < -0.39 is 6.04 Å². The zero-order valence-corrected chi connectivity index (χ0v) is 12.1. The number of hydrogen-bond donors (Lipinski definition) is 1. The first-order valence-electron chi connectivity index (χ1n) is 6.81. The van der Waals surface area contributed by atoms with Gasteiger partial charge in [0.1, 0.15) is 6.04 Å². The molecule has 1 aliphatic heterocycles. The molecule has 0 spiro atoms. The number of nitrogens with two attached hydrogens (primary N) is 1. The Morgan fingerprint density at radius 3 is 2.85 bits per heavy atom. The monoisotopic (exact) mass is 272 g/mol. The molecule has 0 saturated heterocycles.